The lowest BCUT2D eigenvalue weighted by atomic mass is 10.0. The van der Waals surface area contributed by atoms with E-state index in [0.717, 1.165) is 35.2 Å². The van der Waals surface area contributed by atoms with Gasteiger partial charge in [0.2, 0.25) is 0 Å². The van der Waals surface area contributed by atoms with E-state index in [1.54, 1.807) is 19.2 Å². The first kappa shape index (κ1) is 21.0. The summed E-state index contributed by atoms with van der Waals surface area (Å²) in [7, 11) is 1.59. The Labute approximate surface area is 180 Å². The van der Waals surface area contributed by atoms with E-state index < -0.39 is 0 Å². The summed E-state index contributed by atoms with van der Waals surface area (Å²) in [6.45, 7) is 8.93. The fourth-order valence-electron chi connectivity index (χ4n) is 4.11. The van der Waals surface area contributed by atoms with E-state index in [9.17, 15) is 9.18 Å². The van der Waals surface area contributed by atoms with Crippen molar-refractivity contribution in [2.24, 2.45) is 0 Å². The molecule has 0 radical (unpaired) electrons. The summed E-state index contributed by atoms with van der Waals surface area (Å²) in [5, 5.41) is 4.36. The van der Waals surface area contributed by atoms with Crippen LogP contribution in [0.25, 0.3) is 33.2 Å². The molecule has 0 saturated carbocycles. The fraction of sp³-hybridized carbons (Fsp3) is 0.320. The minimum atomic E-state index is -0.343. The van der Waals surface area contributed by atoms with E-state index in [2.05, 4.69) is 29.9 Å². The third-order valence-corrected chi connectivity index (χ3v) is 5.48. The zero-order chi connectivity index (χ0) is 22.3. The summed E-state index contributed by atoms with van der Waals surface area (Å²) < 4.78 is 28.2. The molecule has 0 atom stereocenters. The highest BCUT2D eigenvalue weighted by atomic mass is 19.1. The highest BCUT2D eigenvalue weighted by molar-refractivity contribution is 6.18. The maximum Gasteiger partial charge on any atom is 0.255 e. The van der Waals surface area contributed by atoms with Gasteiger partial charge in [0, 0.05) is 30.7 Å². The van der Waals surface area contributed by atoms with E-state index >= 15 is 0 Å². The Hall–Kier alpha value is -3.28. The summed E-state index contributed by atoms with van der Waals surface area (Å²) in [5.41, 5.74) is 3.80. The molecule has 0 aliphatic heterocycles. The Morgan fingerprint density at radius 3 is 2.52 bits per heavy atom. The first-order valence-electron chi connectivity index (χ1n) is 10.6. The molecule has 2 aromatic carbocycles. The van der Waals surface area contributed by atoms with Crippen molar-refractivity contribution < 1.29 is 18.3 Å². The maximum absolute atomic E-state index is 13.5. The first-order chi connectivity index (χ1) is 14.9. The molecular formula is C25H27FN2O3. The Morgan fingerprint density at radius 2 is 1.94 bits per heavy atom. The number of nitrogens with one attached hydrogen (secondary N) is 1. The van der Waals surface area contributed by atoms with Crippen LogP contribution in [0, 0.1) is 5.82 Å². The first-order valence-corrected chi connectivity index (χ1v) is 10.6. The van der Waals surface area contributed by atoms with Crippen molar-refractivity contribution in [3.8, 4) is 17.1 Å². The molecule has 0 bridgehead atoms. The Kier molecular flexibility index (Phi) is 5.48. The predicted octanol–water partition coefficient (Wildman–Crippen LogP) is 5.92. The van der Waals surface area contributed by atoms with Crippen molar-refractivity contribution in [1.29, 1.82) is 0 Å². The van der Waals surface area contributed by atoms with Crippen molar-refractivity contribution in [2.75, 3.05) is 7.05 Å². The number of amides is 1. The highest BCUT2D eigenvalue weighted by Gasteiger charge is 2.27. The van der Waals surface area contributed by atoms with Crippen LogP contribution in [0.3, 0.4) is 0 Å². The van der Waals surface area contributed by atoms with Crippen molar-refractivity contribution in [2.45, 2.75) is 46.8 Å². The van der Waals surface area contributed by atoms with Gasteiger partial charge in [-0.05, 0) is 63.1 Å². The SMILES string of the molecule is CCc1cn(CC)c2c(OC(C)C)cc3c(C(=O)NC)c(-c4ccc(F)cc4)oc3c12. The molecule has 6 heteroatoms. The van der Waals surface area contributed by atoms with Crippen LogP contribution in [-0.4, -0.2) is 23.6 Å². The van der Waals surface area contributed by atoms with Crippen LogP contribution in [0.4, 0.5) is 4.39 Å². The van der Waals surface area contributed by atoms with E-state index in [-0.39, 0.29) is 17.8 Å². The number of hydrogen-bond donors (Lipinski definition) is 1. The second kappa shape index (κ2) is 8.10. The van der Waals surface area contributed by atoms with Crippen LogP contribution in [0.5, 0.6) is 5.75 Å². The van der Waals surface area contributed by atoms with Gasteiger partial charge in [0.05, 0.1) is 22.6 Å². The molecule has 4 rings (SSSR count). The maximum atomic E-state index is 13.5. The van der Waals surface area contributed by atoms with Crippen molar-refractivity contribution >= 4 is 27.8 Å². The molecule has 0 saturated heterocycles. The lowest BCUT2D eigenvalue weighted by Gasteiger charge is -2.14. The van der Waals surface area contributed by atoms with E-state index in [0.29, 0.717) is 27.9 Å². The van der Waals surface area contributed by atoms with Crippen LogP contribution in [0.15, 0.2) is 40.9 Å². The number of furan rings is 1. The molecule has 5 nitrogen and oxygen atoms in total. The topological polar surface area (TPSA) is 56.4 Å². The number of halogens is 1. The van der Waals surface area contributed by atoms with Crippen LogP contribution in [0.2, 0.25) is 0 Å². The van der Waals surface area contributed by atoms with Crippen LogP contribution in [-0.2, 0) is 13.0 Å². The Bertz CT molecular complexity index is 1270. The lowest BCUT2D eigenvalue weighted by Crippen LogP contribution is -2.18. The summed E-state index contributed by atoms with van der Waals surface area (Å²) >= 11 is 0. The normalized spacial score (nSPS) is 11.6. The molecule has 0 unspecified atom stereocenters. The molecule has 0 aliphatic carbocycles. The van der Waals surface area contributed by atoms with E-state index in [4.69, 9.17) is 9.15 Å². The Morgan fingerprint density at radius 1 is 1.23 bits per heavy atom. The van der Waals surface area contributed by atoms with Gasteiger partial charge in [0.1, 0.15) is 22.9 Å². The quantitative estimate of drug-likeness (QED) is 0.419. The minimum absolute atomic E-state index is 0.0298. The third kappa shape index (κ3) is 3.46. The predicted molar refractivity (Wildman–Crippen MR) is 121 cm³/mol. The highest BCUT2D eigenvalue weighted by Crippen LogP contribution is 2.43. The van der Waals surface area contributed by atoms with E-state index in [1.165, 1.54) is 12.1 Å². The molecule has 31 heavy (non-hydrogen) atoms. The number of nitrogens with zero attached hydrogens (tertiary/aromatic N) is 1. The van der Waals surface area contributed by atoms with Crippen LogP contribution >= 0.6 is 0 Å². The average Bonchev–Trinajstić information content (AvgIpc) is 3.32. The van der Waals surface area contributed by atoms with Gasteiger partial charge in [0.25, 0.3) is 5.91 Å². The van der Waals surface area contributed by atoms with Crippen molar-refractivity contribution in [1.82, 2.24) is 9.88 Å². The number of ether oxygens (including phenoxy) is 1. The van der Waals surface area contributed by atoms with E-state index in [1.807, 2.05) is 19.9 Å². The number of rotatable bonds is 6. The minimum Gasteiger partial charge on any atom is -0.489 e. The Balaban J connectivity index is 2.16. The summed E-state index contributed by atoms with van der Waals surface area (Å²) in [6, 6.07) is 7.87. The van der Waals surface area contributed by atoms with Gasteiger partial charge in [0.15, 0.2) is 0 Å². The molecule has 0 spiro atoms. The monoisotopic (exact) mass is 422 g/mol. The van der Waals surface area contributed by atoms with Crippen molar-refractivity contribution in [3.05, 3.63) is 53.5 Å². The largest absolute Gasteiger partial charge is 0.489 e. The van der Waals surface area contributed by atoms with Gasteiger partial charge < -0.3 is 19.0 Å². The molecule has 1 amide bonds. The standard InChI is InChI=1S/C25H27FN2O3/c1-6-15-13-28(7-2)22-19(30-14(3)4)12-18-21(25(29)27-5)23(31-24(18)20(15)22)16-8-10-17(26)11-9-16/h8-14H,6-7H2,1-5H3,(H,27,29). The van der Waals surface area contributed by atoms with Crippen LogP contribution in [0.1, 0.15) is 43.6 Å². The molecule has 162 valence electrons. The van der Waals surface area contributed by atoms with Gasteiger partial charge in [-0.1, -0.05) is 6.92 Å². The number of aromatic nitrogens is 1. The van der Waals surface area contributed by atoms with Crippen molar-refractivity contribution in [3.63, 3.8) is 0 Å². The summed E-state index contributed by atoms with van der Waals surface area (Å²) in [4.78, 5) is 12.9. The molecule has 0 aliphatic rings. The summed E-state index contributed by atoms with van der Waals surface area (Å²) in [5.74, 6) is 0.532. The fourth-order valence-corrected chi connectivity index (χ4v) is 4.11. The number of carbonyl (C=O) groups is 1. The second-order valence-corrected chi connectivity index (χ2v) is 7.83. The number of aryl methyl sites for hydroxylation is 2. The molecule has 2 heterocycles. The lowest BCUT2D eigenvalue weighted by molar-refractivity contribution is 0.0964. The number of hydrogen-bond acceptors (Lipinski definition) is 3. The summed E-state index contributed by atoms with van der Waals surface area (Å²) in [6.07, 6.45) is 2.90. The molecular weight excluding hydrogens is 395 g/mol. The van der Waals surface area contributed by atoms with Gasteiger partial charge in [-0.15, -0.1) is 0 Å². The molecule has 0 fully saturated rings. The number of carbonyl (C=O) groups excluding carboxylic acids is 1. The zero-order valence-electron chi connectivity index (χ0n) is 18.5. The number of benzene rings is 2. The van der Waals surface area contributed by atoms with Gasteiger partial charge in [-0.3, -0.25) is 4.79 Å². The van der Waals surface area contributed by atoms with Gasteiger partial charge in [-0.25, -0.2) is 4.39 Å². The van der Waals surface area contributed by atoms with Gasteiger partial charge in [-0.2, -0.15) is 0 Å². The smallest absolute Gasteiger partial charge is 0.255 e. The van der Waals surface area contributed by atoms with Gasteiger partial charge >= 0.3 is 0 Å². The molecule has 1 N–H and O–H groups in total. The zero-order valence-corrected chi connectivity index (χ0v) is 18.5. The van der Waals surface area contributed by atoms with Crippen LogP contribution < -0.4 is 10.1 Å². The molecule has 4 aromatic rings. The number of fused-ring (bicyclic) bond motifs is 3. The third-order valence-electron chi connectivity index (χ3n) is 5.48. The average molecular weight is 423 g/mol. The second-order valence-electron chi connectivity index (χ2n) is 7.83. The molecule has 2 aromatic heterocycles.